The van der Waals surface area contributed by atoms with E-state index in [-0.39, 0.29) is 37.6 Å². The van der Waals surface area contributed by atoms with Gasteiger partial charge in [0.1, 0.15) is 11.5 Å². The molecule has 0 aliphatic heterocycles. The van der Waals surface area contributed by atoms with Gasteiger partial charge in [-0.3, -0.25) is 0 Å². The van der Waals surface area contributed by atoms with Crippen molar-refractivity contribution >= 4 is 35.4 Å². The zero-order chi connectivity index (χ0) is 34.7. The average molecular weight is 659 g/mol. The number of alkyl halides is 3. The fourth-order valence-corrected chi connectivity index (χ4v) is 3.95. The Morgan fingerprint density at radius 2 is 1.26 bits per heavy atom. The number of hydrogen-bond donors (Lipinski definition) is 2. The minimum atomic E-state index is -4.22. The summed E-state index contributed by atoms with van der Waals surface area (Å²) < 4.78 is 57.7. The molecular formula is C35H41F3N2O7. The second kappa shape index (κ2) is 20.2. The van der Waals surface area contributed by atoms with Crippen molar-refractivity contribution < 1.29 is 46.5 Å². The summed E-state index contributed by atoms with van der Waals surface area (Å²) in [7, 11) is 0. The highest BCUT2D eigenvalue weighted by Crippen LogP contribution is 2.22. The minimum Gasteiger partial charge on any atom is -0.494 e. The topological polar surface area (TPSA) is 140 Å². The number of anilines is 2. The quantitative estimate of drug-likeness (QED) is 0.0519. The van der Waals surface area contributed by atoms with Gasteiger partial charge in [0, 0.05) is 23.9 Å². The number of benzene rings is 3. The van der Waals surface area contributed by atoms with Crippen LogP contribution in [0.5, 0.6) is 11.5 Å². The van der Waals surface area contributed by atoms with Crippen LogP contribution in [0.15, 0.2) is 72.8 Å². The molecular weight excluding hydrogens is 617 g/mol. The van der Waals surface area contributed by atoms with Crippen LogP contribution < -0.4 is 20.9 Å². The van der Waals surface area contributed by atoms with Gasteiger partial charge in [-0.2, -0.15) is 13.2 Å². The lowest BCUT2D eigenvalue weighted by atomic mass is 10.2. The molecule has 0 aliphatic rings. The summed E-state index contributed by atoms with van der Waals surface area (Å²) in [5, 5.41) is 0. The van der Waals surface area contributed by atoms with Crippen LogP contribution in [0.4, 0.5) is 24.5 Å². The monoisotopic (exact) mass is 658 g/mol. The van der Waals surface area contributed by atoms with E-state index in [0.29, 0.717) is 41.1 Å². The molecule has 0 unspecified atom stereocenters. The van der Waals surface area contributed by atoms with Crippen molar-refractivity contribution in [1.29, 1.82) is 0 Å². The first kappa shape index (κ1) is 38.2. The van der Waals surface area contributed by atoms with Gasteiger partial charge in [0.25, 0.3) is 0 Å². The Morgan fingerprint density at radius 1 is 0.681 bits per heavy atom. The largest absolute Gasteiger partial charge is 0.494 e. The minimum absolute atomic E-state index is 0.0897. The van der Waals surface area contributed by atoms with Crippen molar-refractivity contribution in [1.82, 2.24) is 0 Å². The molecule has 0 atom stereocenters. The fourth-order valence-electron chi connectivity index (χ4n) is 3.95. The molecule has 0 fully saturated rings. The summed E-state index contributed by atoms with van der Waals surface area (Å²) in [6.07, 6.45) is 0.489. The van der Waals surface area contributed by atoms with Gasteiger partial charge in [0.2, 0.25) is 0 Å². The summed E-state index contributed by atoms with van der Waals surface area (Å²) in [6, 6.07) is 16.9. The van der Waals surface area contributed by atoms with Crippen LogP contribution >= 0.6 is 0 Å². The van der Waals surface area contributed by atoms with Crippen LogP contribution in [0.25, 0.3) is 6.08 Å². The Kier molecular flexibility index (Phi) is 16.4. The highest BCUT2D eigenvalue weighted by atomic mass is 19.4. The van der Waals surface area contributed by atoms with E-state index in [4.69, 9.17) is 30.4 Å². The van der Waals surface area contributed by atoms with E-state index >= 15 is 0 Å². The molecule has 12 heteroatoms. The first-order valence-corrected chi connectivity index (χ1v) is 15.3. The Morgan fingerprint density at radius 3 is 1.85 bits per heavy atom. The lowest BCUT2D eigenvalue weighted by Gasteiger charge is -2.09. The molecule has 254 valence electrons. The molecule has 0 aliphatic carbocycles. The van der Waals surface area contributed by atoms with Crippen LogP contribution in [0.1, 0.15) is 78.7 Å². The number of esters is 3. The van der Waals surface area contributed by atoms with Gasteiger partial charge >= 0.3 is 24.1 Å². The summed E-state index contributed by atoms with van der Waals surface area (Å²) >= 11 is 0. The SMILES string of the molecule is CC.Nc1cc(N)cc(C(=O)OCCCCCCOC(=O)/C=C/c2ccc(OC(=O)c3ccc(OCCCC(F)(F)F)cc3)cc2)c1. The van der Waals surface area contributed by atoms with Crippen LogP contribution in [0.2, 0.25) is 0 Å². The Bertz CT molecular complexity index is 1420. The van der Waals surface area contributed by atoms with E-state index in [2.05, 4.69) is 0 Å². The van der Waals surface area contributed by atoms with Gasteiger partial charge in [0.05, 0.1) is 30.9 Å². The second-order valence-electron chi connectivity index (χ2n) is 9.99. The Hall–Kier alpha value is -5.00. The highest BCUT2D eigenvalue weighted by molar-refractivity contribution is 5.92. The van der Waals surface area contributed by atoms with E-state index in [1.54, 1.807) is 36.4 Å². The molecule has 3 rings (SSSR count). The van der Waals surface area contributed by atoms with Gasteiger partial charge in [0.15, 0.2) is 0 Å². The molecule has 0 saturated heterocycles. The fraction of sp³-hybridized carbons (Fsp3) is 0.343. The Labute approximate surface area is 272 Å². The summed E-state index contributed by atoms with van der Waals surface area (Å²) in [4.78, 5) is 36.5. The lowest BCUT2D eigenvalue weighted by molar-refractivity contribution is -0.138. The zero-order valence-corrected chi connectivity index (χ0v) is 26.5. The van der Waals surface area contributed by atoms with Gasteiger partial charge in [-0.1, -0.05) is 26.0 Å². The maximum atomic E-state index is 12.4. The molecule has 0 bridgehead atoms. The average Bonchev–Trinajstić information content (AvgIpc) is 3.04. The number of halogens is 3. The van der Waals surface area contributed by atoms with E-state index in [1.165, 1.54) is 42.5 Å². The maximum absolute atomic E-state index is 12.4. The third-order valence-corrected chi connectivity index (χ3v) is 6.20. The summed E-state index contributed by atoms with van der Waals surface area (Å²) in [5.74, 6) is -0.953. The molecule has 9 nitrogen and oxygen atoms in total. The first-order chi connectivity index (χ1) is 22.5. The molecule has 47 heavy (non-hydrogen) atoms. The number of rotatable bonds is 16. The van der Waals surface area contributed by atoms with Crippen molar-refractivity contribution in [2.24, 2.45) is 0 Å². The van der Waals surface area contributed by atoms with Gasteiger partial charge in [-0.25, -0.2) is 14.4 Å². The first-order valence-electron chi connectivity index (χ1n) is 15.3. The zero-order valence-electron chi connectivity index (χ0n) is 26.5. The van der Waals surface area contributed by atoms with Crippen LogP contribution in [0.3, 0.4) is 0 Å². The number of carbonyl (C=O) groups is 3. The van der Waals surface area contributed by atoms with Gasteiger partial charge in [-0.05, 0) is 98.3 Å². The molecule has 0 spiro atoms. The standard InChI is InChI=1S/C33H35F3N2O7.C2H6/c34-33(35,36)16-5-19-42-28-13-9-24(10-14-28)32(41)45-29-11-6-23(7-12-29)8-15-30(39)43-17-3-1-2-4-18-44-31(40)25-20-26(37)22-27(38)21-25;1-2/h6-15,20-22H,1-5,16-19,37-38H2;1-2H3/b15-8+;. The van der Waals surface area contributed by atoms with Gasteiger partial charge < -0.3 is 30.4 Å². The maximum Gasteiger partial charge on any atom is 0.389 e. The number of nitrogens with two attached hydrogens (primary N) is 2. The normalized spacial score (nSPS) is 10.9. The van der Waals surface area contributed by atoms with Crippen molar-refractivity contribution in [3.63, 3.8) is 0 Å². The van der Waals surface area contributed by atoms with Crippen LogP contribution in [-0.2, 0) is 14.3 Å². The highest BCUT2D eigenvalue weighted by Gasteiger charge is 2.26. The third kappa shape index (κ3) is 15.7. The summed E-state index contributed by atoms with van der Waals surface area (Å²) in [6.45, 7) is 4.43. The predicted octanol–water partition coefficient (Wildman–Crippen LogP) is 7.79. The van der Waals surface area contributed by atoms with Crippen LogP contribution in [0, 0.1) is 0 Å². The molecule has 0 amide bonds. The smallest absolute Gasteiger partial charge is 0.389 e. The summed E-state index contributed by atoms with van der Waals surface area (Å²) in [5.41, 5.74) is 13.4. The third-order valence-electron chi connectivity index (χ3n) is 6.20. The van der Waals surface area contributed by atoms with Crippen molar-refractivity contribution in [3.8, 4) is 11.5 Å². The number of carbonyl (C=O) groups excluding carboxylic acids is 3. The number of nitrogen functional groups attached to an aromatic ring is 2. The molecule has 0 heterocycles. The Balaban J connectivity index is 0.00000376. The van der Waals surface area contributed by atoms with E-state index in [9.17, 15) is 27.6 Å². The van der Waals surface area contributed by atoms with E-state index < -0.39 is 30.5 Å². The molecule has 3 aromatic carbocycles. The van der Waals surface area contributed by atoms with Crippen LogP contribution in [-0.4, -0.2) is 43.9 Å². The van der Waals surface area contributed by atoms with Crippen molar-refractivity contribution in [2.75, 3.05) is 31.3 Å². The number of ether oxygens (including phenoxy) is 4. The van der Waals surface area contributed by atoms with E-state index in [0.717, 1.165) is 12.8 Å². The molecule has 3 aromatic rings. The van der Waals surface area contributed by atoms with Crippen molar-refractivity contribution in [3.05, 3.63) is 89.5 Å². The molecule has 4 N–H and O–H groups in total. The van der Waals surface area contributed by atoms with Crippen molar-refractivity contribution in [2.45, 2.75) is 58.5 Å². The molecule has 0 radical (unpaired) electrons. The van der Waals surface area contributed by atoms with E-state index in [1.807, 2.05) is 13.8 Å². The lowest BCUT2D eigenvalue weighted by Crippen LogP contribution is -2.10. The van der Waals surface area contributed by atoms with Gasteiger partial charge in [-0.15, -0.1) is 0 Å². The molecule has 0 saturated carbocycles. The number of unbranched alkanes of at least 4 members (excludes halogenated alkanes) is 3. The predicted molar refractivity (Wildman–Crippen MR) is 174 cm³/mol. The number of hydrogen-bond acceptors (Lipinski definition) is 9. The molecule has 0 aromatic heterocycles. The second-order valence-corrected chi connectivity index (χ2v) is 9.99.